The Kier molecular flexibility index (Phi) is 5.34. The molecule has 102 valence electrons. The summed E-state index contributed by atoms with van der Waals surface area (Å²) in [4.78, 5) is 8.56. The summed E-state index contributed by atoms with van der Waals surface area (Å²) in [7, 11) is 1.59. The van der Waals surface area contributed by atoms with Gasteiger partial charge in [0.2, 0.25) is 11.8 Å². The molecule has 5 heteroatoms. The van der Waals surface area contributed by atoms with E-state index in [-0.39, 0.29) is 12.0 Å². The van der Waals surface area contributed by atoms with Gasteiger partial charge in [-0.3, -0.25) is 0 Å². The van der Waals surface area contributed by atoms with Crippen molar-refractivity contribution in [2.75, 3.05) is 25.6 Å². The monoisotopic (exact) mass is 253 g/mol. The maximum atomic E-state index is 8.86. The highest BCUT2D eigenvalue weighted by Gasteiger charge is 2.17. The molecule has 1 aromatic rings. The molecule has 2 N–H and O–H groups in total. The molecule has 0 aliphatic rings. The molecule has 0 saturated carbocycles. The molecule has 0 saturated heterocycles. The molecule has 0 unspecified atom stereocenters. The predicted octanol–water partition coefficient (Wildman–Crippen LogP) is 2.00. The first-order valence-corrected chi connectivity index (χ1v) is 6.21. The number of aliphatic hydroxyl groups excluding tert-OH is 1. The molecule has 1 heterocycles. The number of ether oxygens (including phenoxy) is 1. The summed E-state index contributed by atoms with van der Waals surface area (Å²) in [5.74, 6) is 1.15. The fourth-order valence-electron chi connectivity index (χ4n) is 1.69. The van der Waals surface area contributed by atoms with Crippen LogP contribution in [0.4, 0.5) is 5.95 Å². The van der Waals surface area contributed by atoms with Gasteiger partial charge in [0.25, 0.3) is 0 Å². The molecule has 0 radical (unpaired) electrons. The Morgan fingerprint density at radius 3 is 2.72 bits per heavy atom. The molecule has 1 aromatic heterocycles. The van der Waals surface area contributed by atoms with Crippen molar-refractivity contribution in [2.45, 2.75) is 33.6 Å². The van der Waals surface area contributed by atoms with Crippen LogP contribution in [-0.4, -0.2) is 35.3 Å². The third kappa shape index (κ3) is 4.87. The zero-order valence-corrected chi connectivity index (χ0v) is 11.7. The van der Waals surface area contributed by atoms with E-state index < -0.39 is 0 Å². The van der Waals surface area contributed by atoms with E-state index in [0.717, 1.165) is 25.1 Å². The minimum absolute atomic E-state index is 0.100. The third-order valence-corrected chi connectivity index (χ3v) is 2.78. The van der Waals surface area contributed by atoms with Crippen molar-refractivity contribution in [3.8, 4) is 5.88 Å². The van der Waals surface area contributed by atoms with E-state index in [1.54, 1.807) is 13.2 Å². The number of aliphatic hydroxyl groups is 1. The normalized spacial score (nSPS) is 11.4. The highest BCUT2D eigenvalue weighted by molar-refractivity contribution is 5.30. The predicted molar refractivity (Wildman–Crippen MR) is 71.9 cm³/mol. The second-order valence-corrected chi connectivity index (χ2v) is 5.22. The molecular formula is C13H23N3O2. The van der Waals surface area contributed by atoms with Gasteiger partial charge in [0.15, 0.2) is 0 Å². The molecule has 0 fully saturated rings. The number of anilines is 1. The van der Waals surface area contributed by atoms with E-state index in [4.69, 9.17) is 9.84 Å². The lowest BCUT2D eigenvalue weighted by molar-refractivity contribution is 0.247. The van der Waals surface area contributed by atoms with Crippen LogP contribution in [0.1, 0.15) is 32.4 Å². The number of aromatic nitrogens is 2. The van der Waals surface area contributed by atoms with Crippen LogP contribution in [-0.2, 0) is 0 Å². The number of aryl methyl sites for hydroxylation is 1. The largest absolute Gasteiger partial charge is 0.481 e. The first kappa shape index (κ1) is 14.7. The molecule has 0 spiro atoms. The van der Waals surface area contributed by atoms with Gasteiger partial charge in [-0.1, -0.05) is 13.8 Å². The number of hydrogen-bond donors (Lipinski definition) is 2. The summed E-state index contributed by atoms with van der Waals surface area (Å²) >= 11 is 0. The molecule has 0 aromatic carbocycles. The summed E-state index contributed by atoms with van der Waals surface area (Å²) in [6.07, 6.45) is 1.77. The average Bonchev–Trinajstić information content (AvgIpc) is 2.33. The highest BCUT2D eigenvalue weighted by Crippen LogP contribution is 2.22. The van der Waals surface area contributed by atoms with Crippen LogP contribution in [0.5, 0.6) is 5.88 Å². The molecule has 0 amide bonds. The zero-order valence-electron chi connectivity index (χ0n) is 11.7. The Morgan fingerprint density at radius 2 is 2.11 bits per heavy atom. The number of rotatable bonds is 7. The SMILES string of the molecule is COc1cc(C)nc(NCC(C)(C)CCCO)n1. The summed E-state index contributed by atoms with van der Waals surface area (Å²) < 4.78 is 5.11. The Labute approximate surface area is 109 Å². The lowest BCUT2D eigenvalue weighted by Crippen LogP contribution is -2.24. The summed E-state index contributed by atoms with van der Waals surface area (Å²) in [5, 5.41) is 12.1. The van der Waals surface area contributed by atoms with Crippen LogP contribution >= 0.6 is 0 Å². The molecule has 0 aliphatic carbocycles. The number of hydrogen-bond acceptors (Lipinski definition) is 5. The molecule has 0 aliphatic heterocycles. The first-order valence-electron chi connectivity index (χ1n) is 6.21. The van der Waals surface area contributed by atoms with Gasteiger partial charge >= 0.3 is 0 Å². The molecule has 0 atom stereocenters. The van der Waals surface area contributed by atoms with Crippen LogP contribution in [0, 0.1) is 12.3 Å². The first-order chi connectivity index (χ1) is 8.46. The zero-order chi connectivity index (χ0) is 13.6. The number of nitrogens with one attached hydrogen (secondary N) is 1. The van der Waals surface area contributed by atoms with E-state index in [2.05, 4.69) is 29.1 Å². The third-order valence-electron chi connectivity index (χ3n) is 2.78. The van der Waals surface area contributed by atoms with Crippen LogP contribution in [0.2, 0.25) is 0 Å². The summed E-state index contributed by atoms with van der Waals surface area (Å²) in [6, 6.07) is 1.79. The number of methoxy groups -OCH3 is 1. The second kappa shape index (κ2) is 6.54. The van der Waals surface area contributed by atoms with Crippen LogP contribution in [0.15, 0.2) is 6.07 Å². The maximum absolute atomic E-state index is 8.86. The Hall–Kier alpha value is -1.36. The maximum Gasteiger partial charge on any atom is 0.226 e. The van der Waals surface area contributed by atoms with Gasteiger partial charge in [-0.25, -0.2) is 4.98 Å². The smallest absolute Gasteiger partial charge is 0.226 e. The number of nitrogens with zero attached hydrogens (tertiary/aromatic N) is 2. The van der Waals surface area contributed by atoms with Crippen LogP contribution < -0.4 is 10.1 Å². The van der Waals surface area contributed by atoms with Gasteiger partial charge in [-0.05, 0) is 25.2 Å². The Morgan fingerprint density at radius 1 is 1.39 bits per heavy atom. The van der Waals surface area contributed by atoms with E-state index in [9.17, 15) is 0 Å². The minimum atomic E-state index is 0.100. The average molecular weight is 253 g/mol. The van der Waals surface area contributed by atoms with Gasteiger partial charge < -0.3 is 15.2 Å². The fraction of sp³-hybridized carbons (Fsp3) is 0.692. The van der Waals surface area contributed by atoms with Gasteiger partial charge in [0, 0.05) is 24.9 Å². The van der Waals surface area contributed by atoms with E-state index >= 15 is 0 Å². The van der Waals surface area contributed by atoms with E-state index in [1.165, 1.54) is 0 Å². The molecular weight excluding hydrogens is 230 g/mol. The van der Waals surface area contributed by atoms with Crippen molar-refractivity contribution in [1.82, 2.24) is 9.97 Å². The summed E-state index contributed by atoms with van der Waals surface area (Å²) in [6.45, 7) is 7.22. The minimum Gasteiger partial charge on any atom is -0.481 e. The van der Waals surface area contributed by atoms with Crippen molar-refractivity contribution in [3.05, 3.63) is 11.8 Å². The standard InChI is InChI=1S/C13H23N3O2/c1-10-8-11(18-4)16-12(15-10)14-9-13(2,3)6-5-7-17/h8,17H,5-7,9H2,1-4H3,(H,14,15,16). The van der Waals surface area contributed by atoms with Gasteiger partial charge in [-0.15, -0.1) is 0 Å². The van der Waals surface area contributed by atoms with Gasteiger partial charge in [0.1, 0.15) is 0 Å². The van der Waals surface area contributed by atoms with Crippen LogP contribution in [0.25, 0.3) is 0 Å². The fourth-order valence-corrected chi connectivity index (χ4v) is 1.69. The second-order valence-electron chi connectivity index (χ2n) is 5.22. The lowest BCUT2D eigenvalue weighted by Gasteiger charge is -2.24. The van der Waals surface area contributed by atoms with Crippen molar-refractivity contribution in [1.29, 1.82) is 0 Å². The van der Waals surface area contributed by atoms with Crippen molar-refractivity contribution in [3.63, 3.8) is 0 Å². The molecule has 0 bridgehead atoms. The topological polar surface area (TPSA) is 67.3 Å². The lowest BCUT2D eigenvalue weighted by atomic mass is 9.88. The Balaban J connectivity index is 2.59. The van der Waals surface area contributed by atoms with Gasteiger partial charge in [-0.2, -0.15) is 4.98 Å². The van der Waals surface area contributed by atoms with Gasteiger partial charge in [0.05, 0.1) is 7.11 Å². The Bertz CT molecular complexity index is 380. The molecule has 5 nitrogen and oxygen atoms in total. The van der Waals surface area contributed by atoms with E-state index in [0.29, 0.717) is 11.8 Å². The quantitative estimate of drug-likeness (QED) is 0.778. The van der Waals surface area contributed by atoms with E-state index in [1.807, 2.05) is 6.92 Å². The highest BCUT2D eigenvalue weighted by atomic mass is 16.5. The summed E-state index contributed by atoms with van der Waals surface area (Å²) in [5.41, 5.74) is 0.973. The van der Waals surface area contributed by atoms with Crippen LogP contribution in [0.3, 0.4) is 0 Å². The van der Waals surface area contributed by atoms with Crippen molar-refractivity contribution < 1.29 is 9.84 Å². The molecule has 18 heavy (non-hydrogen) atoms. The molecule has 1 rings (SSSR count). The van der Waals surface area contributed by atoms with Crippen molar-refractivity contribution in [2.24, 2.45) is 5.41 Å². The van der Waals surface area contributed by atoms with Crippen molar-refractivity contribution >= 4 is 5.95 Å².